The lowest BCUT2D eigenvalue weighted by Gasteiger charge is -1.99. The molecule has 3 rings (SSSR count). The van der Waals surface area contributed by atoms with Crippen LogP contribution in [0.1, 0.15) is 11.3 Å². The predicted octanol–water partition coefficient (Wildman–Crippen LogP) is 5.36. The first-order chi connectivity index (χ1) is 10.6. The molecule has 3 nitrogen and oxygen atoms in total. The maximum Gasteiger partial charge on any atom is 0.145 e. The van der Waals surface area contributed by atoms with Gasteiger partial charge in [0, 0.05) is 10.6 Å². The molecule has 0 bridgehead atoms. The molecule has 3 aromatic rings. The third kappa shape index (κ3) is 3.21. The molecule has 0 aliphatic carbocycles. The van der Waals surface area contributed by atoms with Crippen molar-refractivity contribution in [2.75, 3.05) is 0 Å². The van der Waals surface area contributed by atoms with Gasteiger partial charge in [-0.2, -0.15) is 0 Å². The summed E-state index contributed by atoms with van der Waals surface area (Å²) in [6, 6.07) is 16.4. The van der Waals surface area contributed by atoms with E-state index in [1.807, 2.05) is 55.5 Å². The van der Waals surface area contributed by atoms with Crippen molar-refractivity contribution < 1.29 is 9.52 Å². The quantitative estimate of drug-likeness (QED) is 0.661. The molecule has 0 radical (unpaired) electrons. The number of phenols is 1. The summed E-state index contributed by atoms with van der Waals surface area (Å²) in [5.41, 5.74) is 2.50. The minimum absolute atomic E-state index is 0.145. The number of aromatic hydroxyl groups is 1. The van der Waals surface area contributed by atoms with Gasteiger partial charge in [0.15, 0.2) is 0 Å². The largest absolute Gasteiger partial charge is 0.506 e. The second-order valence-corrected chi connectivity index (χ2v) is 5.40. The summed E-state index contributed by atoms with van der Waals surface area (Å²) in [4.78, 5) is 4.27. The van der Waals surface area contributed by atoms with Crippen molar-refractivity contribution in [1.29, 1.82) is 0 Å². The highest BCUT2D eigenvalue weighted by Gasteiger charge is 2.04. The molecule has 1 aromatic heterocycles. The van der Waals surface area contributed by atoms with Crippen molar-refractivity contribution in [1.82, 2.24) is 0 Å². The molecule has 110 valence electrons. The van der Waals surface area contributed by atoms with Crippen molar-refractivity contribution in [3.05, 3.63) is 70.9 Å². The first-order valence-electron chi connectivity index (χ1n) is 6.81. The van der Waals surface area contributed by atoms with Crippen LogP contribution in [0.3, 0.4) is 0 Å². The predicted molar refractivity (Wildman–Crippen MR) is 89.3 cm³/mol. The fraction of sp³-hybridized carbons (Fsp3) is 0.0556. The molecule has 0 amide bonds. The molecule has 0 saturated heterocycles. The molecule has 0 saturated carbocycles. The SMILES string of the molecule is Cc1ccc(O)c(N=Cc2ccc(-c3ccc(Cl)cc3)o2)c1. The van der Waals surface area contributed by atoms with Crippen LogP contribution in [0.4, 0.5) is 5.69 Å². The van der Waals surface area contributed by atoms with E-state index in [9.17, 15) is 5.11 Å². The van der Waals surface area contributed by atoms with Crippen LogP contribution in [-0.4, -0.2) is 11.3 Å². The van der Waals surface area contributed by atoms with E-state index in [2.05, 4.69) is 4.99 Å². The van der Waals surface area contributed by atoms with E-state index in [1.54, 1.807) is 12.3 Å². The number of furan rings is 1. The maximum atomic E-state index is 9.77. The molecular weight excluding hydrogens is 298 g/mol. The van der Waals surface area contributed by atoms with Gasteiger partial charge in [-0.05, 0) is 61.0 Å². The van der Waals surface area contributed by atoms with Gasteiger partial charge >= 0.3 is 0 Å². The van der Waals surface area contributed by atoms with E-state index in [1.165, 1.54) is 0 Å². The van der Waals surface area contributed by atoms with Gasteiger partial charge in [0.25, 0.3) is 0 Å². The van der Waals surface area contributed by atoms with Crippen LogP contribution in [0.15, 0.2) is 64.0 Å². The lowest BCUT2D eigenvalue weighted by Crippen LogP contribution is -1.77. The fourth-order valence-corrected chi connectivity index (χ4v) is 2.19. The van der Waals surface area contributed by atoms with Crippen LogP contribution in [0.2, 0.25) is 5.02 Å². The summed E-state index contributed by atoms with van der Waals surface area (Å²) in [5, 5.41) is 10.5. The summed E-state index contributed by atoms with van der Waals surface area (Å²) >= 11 is 5.87. The Hall–Kier alpha value is -2.52. The van der Waals surface area contributed by atoms with Gasteiger partial charge in [-0.25, -0.2) is 4.99 Å². The molecule has 0 aliphatic heterocycles. The third-order valence-electron chi connectivity index (χ3n) is 3.22. The van der Waals surface area contributed by atoms with Gasteiger partial charge in [-0.3, -0.25) is 0 Å². The number of nitrogens with zero attached hydrogens (tertiary/aromatic N) is 1. The normalized spacial score (nSPS) is 11.2. The molecule has 1 heterocycles. The Morgan fingerprint density at radius 1 is 1.05 bits per heavy atom. The number of aryl methyl sites for hydroxylation is 1. The minimum atomic E-state index is 0.145. The summed E-state index contributed by atoms with van der Waals surface area (Å²) in [5.74, 6) is 1.50. The fourth-order valence-electron chi connectivity index (χ4n) is 2.06. The minimum Gasteiger partial charge on any atom is -0.506 e. The van der Waals surface area contributed by atoms with Gasteiger partial charge in [-0.1, -0.05) is 17.7 Å². The number of aliphatic imine (C=N–C) groups is 1. The van der Waals surface area contributed by atoms with E-state index in [-0.39, 0.29) is 5.75 Å². The maximum absolute atomic E-state index is 9.77. The smallest absolute Gasteiger partial charge is 0.145 e. The first kappa shape index (κ1) is 14.4. The number of hydrogen-bond donors (Lipinski definition) is 1. The average Bonchev–Trinajstić information content (AvgIpc) is 2.98. The molecular formula is C18H14ClNO2. The standard InChI is InChI=1S/C18H14ClNO2/c1-12-2-8-17(21)16(10-12)20-11-15-7-9-18(22-15)13-3-5-14(19)6-4-13/h2-11,21H,1H3. The number of benzene rings is 2. The van der Waals surface area contributed by atoms with Crippen molar-refractivity contribution in [3.63, 3.8) is 0 Å². The number of hydrogen-bond acceptors (Lipinski definition) is 3. The first-order valence-corrected chi connectivity index (χ1v) is 7.19. The number of halogens is 1. The van der Waals surface area contributed by atoms with E-state index in [0.717, 1.165) is 16.9 Å². The van der Waals surface area contributed by atoms with Crippen LogP contribution >= 0.6 is 11.6 Å². The van der Waals surface area contributed by atoms with Crippen LogP contribution in [-0.2, 0) is 0 Å². The van der Waals surface area contributed by atoms with Gasteiger partial charge in [0.05, 0.1) is 6.21 Å². The Kier molecular flexibility index (Phi) is 3.98. The van der Waals surface area contributed by atoms with E-state index >= 15 is 0 Å². The lowest BCUT2D eigenvalue weighted by atomic mass is 10.2. The summed E-state index contributed by atoms with van der Waals surface area (Å²) in [7, 11) is 0. The topological polar surface area (TPSA) is 45.7 Å². The van der Waals surface area contributed by atoms with Gasteiger partial charge in [0.1, 0.15) is 23.0 Å². The van der Waals surface area contributed by atoms with Gasteiger partial charge in [0.2, 0.25) is 0 Å². The zero-order chi connectivity index (χ0) is 15.5. The van der Waals surface area contributed by atoms with Crippen molar-refractivity contribution >= 4 is 23.5 Å². The van der Waals surface area contributed by atoms with Crippen molar-refractivity contribution in [2.24, 2.45) is 4.99 Å². The number of rotatable bonds is 3. The lowest BCUT2D eigenvalue weighted by molar-refractivity contribution is 0.477. The second kappa shape index (κ2) is 6.08. The molecule has 1 N–H and O–H groups in total. The highest BCUT2D eigenvalue weighted by atomic mass is 35.5. The van der Waals surface area contributed by atoms with Gasteiger partial charge in [-0.15, -0.1) is 0 Å². The van der Waals surface area contributed by atoms with Crippen LogP contribution in [0.5, 0.6) is 5.75 Å². The summed E-state index contributed by atoms with van der Waals surface area (Å²) < 4.78 is 5.73. The Labute approximate surface area is 133 Å². The molecule has 0 fully saturated rings. The molecule has 2 aromatic carbocycles. The van der Waals surface area contributed by atoms with Crippen LogP contribution < -0.4 is 0 Å². The van der Waals surface area contributed by atoms with E-state index < -0.39 is 0 Å². The molecule has 0 aliphatic rings. The van der Waals surface area contributed by atoms with E-state index in [0.29, 0.717) is 16.5 Å². The zero-order valence-corrected chi connectivity index (χ0v) is 12.7. The molecule has 0 atom stereocenters. The summed E-state index contributed by atoms with van der Waals surface area (Å²) in [6.07, 6.45) is 1.59. The average molecular weight is 312 g/mol. The monoisotopic (exact) mass is 311 g/mol. The zero-order valence-electron chi connectivity index (χ0n) is 12.0. The highest BCUT2D eigenvalue weighted by Crippen LogP contribution is 2.27. The van der Waals surface area contributed by atoms with Crippen molar-refractivity contribution in [3.8, 4) is 17.1 Å². The number of phenolic OH excluding ortho intramolecular Hbond substituents is 1. The third-order valence-corrected chi connectivity index (χ3v) is 3.47. The van der Waals surface area contributed by atoms with Crippen LogP contribution in [0.25, 0.3) is 11.3 Å². The Morgan fingerprint density at radius 3 is 2.59 bits per heavy atom. The molecule has 4 heteroatoms. The second-order valence-electron chi connectivity index (χ2n) is 4.96. The Bertz CT molecular complexity index is 819. The van der Waals surface area contributed by atoms with Gasteiger partial charge < -0.3 is 9.52 Å². The Morgan fingerprint density at radius 2 is 1.82 bits per heavy atom. The highest BCUT2D eigenvalue weighted by molar-refractivity contribution is 6.30. The Balaban J connectivity index is 1.83. The van der Waals surface area contributed by atoms with Crippen LogP contribution in [0, 0.1) is 6.92 Å². The summed E-state index contributed by atoms with van der Waals surface area (Å²) in [6.45, 7) is 1.95. The molecule has 0 spiro atoms. The van der Waals surface area contributed by atoms with E-state index in [4.69, 9.17) is 16.0 Å². The molecule has 0 unspecified atom stereocenters. The molecule has 22 heavy (non-hydrogen) atoms. The van der Waals surface area contributed by atoms with Crippen molar-refractivity contribution in [2.45, 2.75) is 6.92 Å².